The average Bonchev–Trinajstić information content (AvgIpc) is 2.22. The van der Waals surface area contributed by atoms with Crippen LogP contribution in [0.25, 0.3) is 0 Å². The fraction of sp³-hybridized carbons (Fsp3) is 0.909. The monoisotopic (exact) mass is 214 g/mol. The second-order valence-corrected chi connectivity index (χ2v) is 4.86. The SMILES string of the molecule is CCC1(O)CN(C(=O)C(C)(CC)CN)C1. The summed E-state index contributed by atoms with van der Waals surface area (Å²) in [7, 11) is 0. The smallest absolute Gasteiger partial charge is 0.229 e. The first-order chi connectivity index (χ1) is 6.90. The Balaban J connectivity index is 2.58. The van der Waals surface area contributed by atoms with Crippen molar-refractivity contribution in [1.82, 2.24) is 4.90 Å². The molecular formula is C11H22N2O2. The number of nitrogens with two attached hydrogens (primary N) is 1. The number of hydrogen-bond acceptors (Lipinski definition) is 3. The molecule has 0 aromatic carbocycles. The fourth-order valence-electron chi connectivity index (χ4n) is 1.80. The third-order valence-corrected chi connectivity index (χ3v) is 3.66. The number of hydrogen-bond donors (Lipinski definition) is 2. The summed E-state index contributed by atoms with van der Waals surface area (Å²) in [6, 6.07) is 0. The van der Waals surface area contributed by atoms with E-state index in [2.05, 4.69) is 0 Å². The average molecular weight is 214 g/mol. The van der Waals surface area contributed by atoms with Crippen LogP contribution in [0.15, 0.2) is 0 Å². The van der Waals surface area contributed by atoms with Gasteiger partial charge in [-0.1, -0.05) is 13.8 Å². The summed E-state index contributed by atoms with van der Waals surface area (Å²) >= 11 is 0. The summed E-state index contributed by atoms with van der Waals surface area (Å²) in [6.45, 7) is 7.07. The van der Waals surface area contributed by atoms with Crippen LogP contribution in [0.3, 0.4) is 0 Å². The van der Waals surface area contributed by atoms with Crippen molar-refractivity contribution in [2.75, 3.05) is 19.6 Å². The first kappa shape index (κ1) is 12.5. The second kappa shape index (κ2) is 4.10. The Morgan fingerprint density at radius 2 is 2.07 bits per heavy atom. The topological polar surface area (TPSA) is 66.6 Å². The van der Waals surface area contributed by atoms with Crippen molar-refractivity contribution in [2.45, 2.75) is 39.2 Å². The summed E-state index contributed by atoms with van der Waals surface area (Å²) in [4.78, 5) is 13.8. The lowest BCUT2D eigenvalue weighted by molar-refractivity contribution is -0.165. The van der Waals surface area contributed by atoms with Gasteiger partial charge in [-0.15, -0.1) is 0 Å². The van der Waals surface area contributed by atoms with E-state index in [4.69, 9.17) is 5.73 Å². The first-order valence-electron chi connectivity index (χ1n) is 5.62. The summed E-state index contributed by atoms with van der Waals surface area (Å²) in [5, 5.41) is 9.82. The highest BCUT2D eigenvalue weighted by Crippen LogP contribution is 2.30. The molecule has 1 atom stereocenters. The molecule has 1 fully saturated rings. The lowest BCUT2D eigenvalue weighted by Gasteiger charge is -2.48. The molecule has 1 saturated heterocycles. The standard InChI is InChI=1S/C11H22N2O2/c1-4-10(3,6-12)9(14)13-7-11(15,5-2)8-13/h15H,4-8,12H2,1-3H3. The maximum atomic E-state index is 12.0. The molecule has 0 aliphatic carbocycles. The summed E-state index contributed by atoms with van der Waals surface area (Å²) in [5.41, 5.74) is 4.51. The number of amides is 1. The minimum Gasteiger partial charge on any atom is -0.386 e. The molecular weight excluding hydrogens is 192 g/mol. The van der Waals surface area contributed by atoms with Gasteiger partial charge in [0.15, 0.2) is 0 Å². The molecule has 15 heavy (non-hydrogen) atoms. The van der Waals surface area contributed by atoms with Crippen molar-refractivity contribution in [3.8, 4) is 0 Å². The Bertz CT molecular complexity index is 243. The fourth-order valence-corrected chi connectivity index (χ4v) is 1.80. The number of aliphatic hydroxyl groups is 1. The van der Waals surface area contributed by atoms with Gasteiger partial charge in [-0.25, -0.2) is 0 Å². The minimum atomic E-state index is -0.654. The van der Waals surface area contributed by atoms with Gasteiger partial charge in [0.05, 0.1) is 24.1 Å². The predicted molar refractivity (Wildman–Crippen MR) is 59.3 cm³/mol. The summed E-state index contributed by atoms with van der Waals surface area (Å²) < 4.78 is 0. The highest BCUT2D eigenvalue weighted by atomic mass is 16.3. The molecule has 4 nitrogen and oxygen atoms in total. The quantitative estimate of drug-likeness (QED) is 0.709. The predicted octanol–water partition coefficient (Wildman–Crippen LogP) is 0.345. The van der Waals surface area contributed by atoms with Gasteiger partial charge < -0.3 is 15.7 Å². The molecule has 0 spiro atoms. The molecule has 4 heteroatoms. The van der Waals surface area contributed by atoms with E-state index in [1.165, 1.54) is 0 Å². The van der Waals surface area contributed by atoms with Crippen molar-refractivity contribution >= 4 is 5.91 Å². The molecule has 1 amide bonds. The van der Waals surface area contributed by atoms with Gasteiger partial charge in [0.2, 0.25) is 5.91 Å². The lowest BCUT2D eigenvalue weighted by Crippen LogP contribution is -2.65. The molecule has 0 aromatic rings. The van der Waals surface area contributed by atoms with E-state index in [1.54, 1.807) is 4.90 Å². The van der Waals surface area contributed by atoms with Gasteiger partial charge >= 0.3 is 0 Å². The van der Waals surface area contributed by atoms with E-state index in [9.17, 15) is 9.90 Å². The largest absolute Gasteiger partial charge is 0.386 e. The first-order valence-corrected chi connectivity index (χ1v) is 5.62. The van der Waals surface area contributed by atoms with Gasteiger partial charge in [0.1, 0.15) is 0 Å². The number of carbonyl (C=O) groups is 1. The summed E-state index contributed by atoms with van der Waals surface area (Å²) in [5.74, 6) is 0.0747. The van der Waals surface area contributed by atoms with Gasteiger partial charge in [-0.2, -0.15) is 0 Å². The van der Waals surface area contributed by atoms with Crippen LogP contribution < -0.4 is 5.73 Å². The van der Waals surface area contributed by atoms with Gasteiger partial charge in [0, 0.05) is 6.54 Å². The normalized spacial score (nSPS) is 23.1. The van der Waals surface area contributed by atoms with E-state index in [1.807, 2.05) is 20.8 Å². The number of rotatable bonds is 4. The Morgan fingerprint density at radius 1 is 1.53 bits per heavy atom. The van der Waals surface area contributed by atoms with E-state index < -0.39 is 11.0 Å². The molecule has 1 heterocycles. The van der Waals surface area contributed by atoms with E-state index in [-0.39, 0.29) is 5.91 Å². The molecule has 1 aliphatic rings. The second-order valence-electron chi connectivity index (χ2n) is 4.86. The van der Waals surface area contributed by atoms with Crippen LogP contribution >= 0.6 is 0 Å². The maximum Gasteiger partial charge on any atom is 0.229 e. The molecule has 1 rings (SSSR count). The molecule has 0 saturated carbocycles. The molecule has 1 unspecified atom stereocenters. The number of likely N-dealkylation sites (tertiary alicyclic amines) is 1. The molecule has 0 aromatic heterocycles. The van der Waals surface area contributed by atoms with Crippen molar-refractivity contribution in [1.29, 1.82) is 0 Å². The van der Waals surface area contributed by atoms with Crippen LogP contribution in [0, 0.1) is 5.41 Å². The van der Waals surface area contributed by atoms with Crippen molar-refractivity contribution in [3.05, 3.63) is 0 Å². The number of nitrogens with zero attached hydrogens (tertiary/aromatic N) is 1. The van der Waals surface area contributed by atoms with Crippen LogP contribution in [-0.4, -0.2) is 41.1 Å². The van der Waals surface area contributed by atoms with Crippen LogP contribution in [0.1, 0.15) is 33.6 Å². The molecule has 0 radical (unpaired) electrons. The third-order valence-electron chi connectivity index (χ3n) is 3.66. The van der Waals surface area contributed by atoms with Crippen LogP contribution in [0.2, 0.25) is 0 Å². The van der Waals surface area contributed by atoms with Gasteiger partial charge in [0.25, 0.3) is 0 Å². The highest BCUT2D eigenvalue weighted by molar-refractivity contribution is 5.83. The summed E-state index contributed by atoms with van der Waals surface area (Å²) in [6.07, 6.45) is 1.44. The Hall–Kier alpha value is -0.610. The zero-order chi connectivity index (χ0) is 11.7. The van der Waals surface area contributed by atoms with Crippen LogP contribution in [0.5, 0.6) is 0 Å². The van der Waals surface area contributed by atoms with E-state index in [0.717, 1.165) is 6.42 Å². The molecule has 3 N–H and O–H groups in total. The van der Waals surface area contributed by atoms with Gasteiger partial charge in [-0.3, -0.25) is 4.79 Å². The lowest BCUT2D eigenvalue weighted by atomic mass is 9.82. The third kappa shape index (κ3) is 2.16. The van der Waals surface area contributed by atoms with E-state index in [0.29, 0.717) is 26.1 Å². The van der Waals surface area contributed by atoms with Crippen LogP contribution in [-0.2, 0) is 4.79 Å². The number of carbonyl (C=O) groups excluding carboxylic acids is 1. The Morgan fingerprint density at radius 3 is 2.40 bits per heavy atom. The van der Waals surface area contributed by atoms with Crippen molar-refractivity contribution in [3.63, 3.8) is 0 Å². The molecule has 0 bridgehead atoms. The van der Waals surface area contributed by atoms with Crippen molar-refractivity contribution in [2.24, 2.45) is 11.1 Å². The zero-order valence-corrected chi connectivity index (χ0v) is 9.92. The Kier molecular flexibility index (Phi) is 3.41. The van der Waals surface area contributed by atoms with Crippen LogP contribution in [0.4, 0.5) is 0 Å². The zero-order valence-electron chi connectivity index (χ0n) is 9.92. The number of β-amino-alcohol motifs (C(OH)–C–C–N with tert-alkyl or cyclic N) is 1. The molecule has 1 aliphatic heterocycles. The maximum absolute atomic E-state index is 12.0. The van der Waals surface area contributed by atoms with Gasteiger partial charge in [-0.05, 0) is 19.8 Å². The van der Waals surface area contributed by atoms with Crippen molar-refractivity contribution < 1.29 is 9.90 Å². The highest BCUT2D eigenvalue weighted by Gasteiger charge is 2.46. The molecule has 88 valence electrons. The van der Waals surface area contributed by atoms with E-state index >= 15 is 0 Å². The minimum absolute atomic E-state index is 0.0747. The Labute approximate surface area is 91.4 Å².